The van der Waals surface area contributed by atoms with Gasteiger partial charge in [0.05, 0.1) is 5.02 Å². The van der Waals surface area contributed by atoms with Crippen LogP contribution in [0.3, 0.4) is 0 Å². The molecule has 8 heteroatoms. The number of halogens is 3. The third-order valence-corrected chi connectivity index (χ3v) is 3.60. The monoisotopic (exact) mass is 416 g/mol. The van der Waals surface area contributed by atoms with Crippen LogP contribution < -0.4 is 15.4 Å². The van der Waals surface area contributed by atoms with Crippen molar-refractivity contribution in [3.63, 3.8) is 0 Å². The summed E-state index contributed by atoms with van der Waals surface area (Å²) >= 11 is 14.3. The SMILES string of the molecule is O=C(COc1ccc(Br)cc1Cl)NC(=S)Nc1ccc(F)cc1. The Morgan fingerprint density at radius 3 is 2.61 bits per heavy atom. The number of thiocarbonyl (C=S) groups is 1. The molecule has 4 nitrogen and oxygen atoms in total. The van der Waals surface area contributed by atoms with Gasteiger partial charge in [-0.1, -0.05) is 27.5 Å². The van der Waals surface area contributed by atoms with Crippen molar-refractivity contribution in [2.45, 2.75) is 0 Å². The molecule has 0 aromatic heterocycles. The molecule has 2 N–H and O–H groups in total. The number of carbonyl (C=O) groups excluding carboxylic acids is 1. The van der Waals surface area contributed by atoms with Gasteiger partial charge in [-0.25, -0.2) is 4.39 Å². The number of anilines is 1. The van der Waals surface area contributed by atoms with Crippen molar-refractivity contribution in [1.29, 1.82) is 0 Å². The van der Waals surface area contributed by atoms with E-state index in [1.807, 2.05) is 0 Å². The van der Waals surface area contributed by atoms with E-state index in [4.69, 9.17) is 28.6 Å². The zero-order valence-corrected chi connectivity index (χ0v) is 14.8. The minimum Gasteiger partial charge on any atom is -0.482 e. The van der Waals surface area contributed by atoms with Crippen LogP contribution >= 0.6 is 39.7 Å². The molecule has 2 aromatic carbocycles. The van der Waals surface area contributed by atoms with Gasteiger partial charge in [0.1, 0.15) is 11.6 Å². The van der Waals surface area contributed by atoms with Crippen molar-refractivity contribution in [3.8, 4) is 5.75 Å². The van der Waals surface area contributed by atoms with Crippen LogP contribution in [0.15, 0.2) is 46.9 Å². The maximum atomic E-state index is 12.8. The summed E-state index contributed by atoms with van der Waals surface area (Å²) in [5.74, 6) is -0.406. The normalized spacial score (nSPS) is 10.0. The summed E-state index contributed by atoms with van der Waals surface area (Å²) in [4.78, 5) is 11.8. The molecule has 0 aliphatic carbocycles. The van der Waals surface area contributed by atoms with Crippen LogP contribution in [0.25, 0.3) is 0 Å². The van der Waals surface area contributed by atoms with E-state index in [1.54, 1.807) is 18.2 Å². The highest BCUT2D eigenvalue weighted by atomic mass is 79.9. The molecular formula is C15H11BrClFN2O2S. The van der Waals surface area contributed by atoms with Gasteiger partial charge < -0.3 is 10.1 Å². The molecule has 0 radical (unpaired) electrons. The second kappa shape index (κ2) is 8.24. The molecule has 0 unspecified atom stereocenters. The summed E-state index contributed by atoms with van der Waals surface area (Å²) in [6.45, 7) is -0.243. The smallest absolute Gasteiger partial charge is 0.264 e. The van der Waals surface area contributed by atoms with Gasteiger partial charge in [0, 0.05) is 10.2 Å². The number of benzene rings is 2. The molecule has 1 amide bonds. The highest BCUT2D eigenvalue weighted by Gasteiger charge is 2.08. The van der Waals surface area contributed by atoms with Gasteiger partial charge >= 0.3 is 0 Å². The fourth-order valence-corrected chi connectivity index (χ4v) is 2.55. The Kier molecular flexibility index (Phi) is 6.32. The third-order valence-electron chi connectivity index (χ3n) is 2.61. The Labute approximate surface area is 151 Å². The molecule has 2 aromatic rings. The molecule has 0 aliphatic heterocycles. The van der Waals surface area contributed by atoms with Crippen LogP contribution in [0.2, 0.25) is 5.02 Å². The number of ether oxygens (including phenoxy) is 1. The Hall–Kier alpha value is -1.70. The van der Waals surface area contributed by atoms with Crippen molar-refractivity contribution >= 4 is 56.5 Å². The first kappa shape index (κ1) is 17.7. The fraction of sp³-hybridized carbons (Fsp3) is 0.0667. The average molecular weight is 418 g/mol. The highest BCUT2D eigenvalue weighted by Crippen LogP contribution is 2.27. The first-order valence-corrected chi connectivity index (χ1v) is 7.96. The number of hydrogen-bond acceptors (Lipinski definition) is 3. The van der Waals surface area contributed by atoms with Gasteiger partial charge in [0.25, 0.3) is 5.91 Å². The van der Waals surface area contributed by atoms with Gasteiger partial charge in [-0.2, -0.15) is 0 Å². The summed E-state index contributed by atoms with van der Waals surface area (Å²) in [7, 11) is 0. The molecule has 120 valence electrons. The summed E-state index contributed by atoms with van der Waals surface area (Å²) in [5, 5.41) is 5.69. The van der Waals surface area contributed by atoms with Crippen LogP contribution in [0.5, 0.6) is 5.75 Å². The van der Waals surface area contributed by atoms with Gasteiger partial charge in [-0.3, -0.25) is 10.1 Å². The molecule has 0 aliphatic rings. The molecule has 2 rings (SSSR count). The van der Waals surface area contributed by atoms with Gasteiger partial charge in [0.2, 0.25) is 0 Å². The number of hydrogen-bond donors (Lipinski definition) is 2. The van der Waals surface area contributed by atoms with Gasteiger partial charge in [-0.15, -0.1) is 0 Å². The lowest BCUT2D eigenvalue weighted by molar-refractivity contribution is -0.121. The molecular weight excluding hydrogens is 407 g/mol. The number of rotatable bonds is 4. The Balaban J connectivity index is 1.82. The highest BCUT2D eigenvalue weighted by molar-refractivity contribution is 9.10. The largest absolute Gasteiger partial charge is 0.482 e. The van der Waals surface area contributed by atoms with Gasteiger partial charge in [0.15, 0.2) is 11.7 Å². The minimum atomic E-state index is -0.441. The molecule has 23 heavy (non-hydrogen) atoms. The first-order valence-electron chi connectivity index (χ1n) is 6.38. The van der Waals surface area contributed by atoms with E-state index in [1.165, 1.54) is 24.3 Å². The summed E-state index contributed by atoms with van der Waals surface area (Å²) in [6, 6.07) is 10.6. The van der Waals surface area contributed by atoms with E-state index < -0.39 is 5.91 Å². The van der Waals surface area contributed by atoms with Crippen LogP contribution in [0.1, 0.15) is 0 Å². The molecule has 0 spiro atoms. The minimum absolute atomic E-state index is 0.0899. The van der Waals surface area contributed by atoms with E-state index in [0.29, 0.717) is 16.5 Å². The molecule has 0 heterocycles. The third kappa shape index (κ3) is 5.78. The number of amides is 1. The van der Waals surface area contributed by atoms with Crippen LogP contribution in [-0.4, -0.2) is 17.6 Å². The van der Waals surface area contributed by atoms with Crippen molar-refractivity contribution < 1.29 is 13.9 Å². The molecule has 0 bridgehead atoms. The predicted molar refractivity (Wildman–Crippen MR) is 95.4 cm³/mol. The zero-order chi connectivity index (χ0) is 16.8. The Morgan fingerprint density at radius 1 is 1.26 bits per heavy atom. The molecule has 0 fully saturated rings. The first-order chi connectivity index (χ1) is 10.9. The van der Waals surface area contributed by atoms with Crippen molar-refractivity contribution in [2.75, 3.05) is 11.9 Å². The van der Waals surface area contributed by atoms with Crippen molar-refractivity contribution in [2.24, 2.45) is 0 Å². The van der Waals surface area contributed by atoms with E-state index in [-0.39, 0.29) is 17.5 Å². The van der Waals surface area contributed by atoms with Crippen LogP contribution in [0.4, 0.5) is 10.1 Å². The van der Waals surface area contributed by atoms with Crippen LogP contribution in [0, 0.1) is 5.82 Å². The van der Waals surface area contributed by atoms with E-state index in [9.17, 15) is 9.18 Å². The van der Waals surface area contributed by atoms with E-state index in [2.05, 4.69) is 26.6 Å². The molecule has 0 saturated carbocycles. The fourth-order valence-electron chi connectivity index (χ4n) is 1.59. The summed E-state index contributed by atoms with van der Waals surface area (Å²) in [6.07, 6.45) is 0. The predicted octanol–water partition coefficient (Wildman–Crippen LogP) is 4.13. The van der Waals surface area contributed by atoms with E-state index >= 15 is 0 Å². The molecule has 0 saturated heterocycles. The average Bonchev–Trinajstić information content (AvgIpc) is 2.48. The second-order valence-electron chi connectivity index (χ2n) is 4.37. The Bertz CT molecular complexity index is 728. The Morgan fingerprint density at radius 2 is 1.96 bits per heavy atom. The maximum absolute atomic E-state index is 12.8. The zero-order valence-electron chi connectivity index (χ0n) is 11.6. The van der Waals surface area contributed by atoms with Crippen molar-refractivity contribution in [1.82, 2.24) is 5.32 Å². The number of carbonyl (C=O) groups is 1. The lowest BCUT2D eigenvalue weighted by atomic mass is 10.3. The topological polar surface area (TPSA) is 50.4 Å². The lowest BCUT2D eigenvalue weighted by Gasteiger charge is -2.11. The standard InChI is InChI=1S/C15H11BrClFN2O2S/c16-9-1-6-13(12(17)7-9)22-8-14(21)20-15(23)19-11-4-2-10(18)3-5-11/h1-7H,8H2,(H2,19,20,21,23). The van der Waals surface area contributed by atoms with Crippen molar-refractivity contribution in [3.05, 3.63) is 57.8 Å². The molecule has 0 atom stereocenters. The second-order valence-corrected chi connectivity index (χ2v) is 6.10. The lowest BCUT2D eigenvalue weighted by Crippen LogP contribution is -2.37. The van der Waals surface area contributed by atoms with Gasteiger partial charge in [-0.05, 0) is 54.7 Å². The quantitative estimate of drug-likeness (QED) is 0.734. The summed E-state index contributed by atoms with van der Waals surface area (Å²) < 4.78 is 18.9. The number of nitrogens with one attached hydrogen (secondary N) is 2. The maximum Gasteiger partial charge on any atom is 0.264 e. The van der Waals surface area contributed by atoms with Crippen LogP contribution in [-0.2, 0) is 4.79 Å². The van der Waals surface area contributed by atoms with E-state index in [0.717, 1.165) is 4.47 Å². The summed E-state index contributed by atoms with van der Waals surface area (Å²) in [5.41, 5.74) is 0.563.